The van der Waals surface area contributed by atoms with Crippen molar-refractivity contribution in [2.75, 3.05) is 0 Å². The Kier molecular flexibility index (Phi) is 2.37. The van der Waals surface area contributed by atoms with E-state index in [0.717, 1.165) is 0 Å². The van der Waals surface area contributed by atoms with Crippen LogP contribution >= 0.6 is 0 Å². The molecule has 0 aromatic carbocycles. The van der Waals surface area contributed by atoms with Gasteiger partial charge in [-0.1, -0.05) is 5.92 Å². The second-order valence-corrected chi connectivity index (χ2v) is 2.42. The predicted octanol–water partition coefficient (Wildman–Crippen LogP) is 1.32. The summed E-state index contributed by atoms with van der Waals surface area (Å²) in [5, 5.41) is 0. The summed E-state index contributed by atoms with van der Waals surface area (Å²) in [4.78, 5) is 10.6. The van der Waals surface area contributed by atoms with E-state index in [1.165, 1.54) is 0 Å². The molecule has 3 heteroatoms. The maximum atomic E-state index is 10.6. The smallest absolute Gasteiger partial charge is 0.431 e. The maximum Gasteiger partial charge on any atom is 0.509 e. The molecule has 0 spiro atoms. The van der Waals surface area contributed by atoms with E-state index in [0.29, 0.717) is 6.42 Å². The van der Waals surface area contributed by atoms with Crippen molar-refractivity contribution in [1.82, 2.24) is 0 Å². The van der Waals surface area contributed by atoms with Crippen molar-refractivity contribution in [2.45, 2.75) is 32.5 Å². The van der Waals surface area contributed by atoms with Crippen LogP contribution in [0.3, 0.4) is 0 Å². The Hall–Kier alpha value is -1.17. The van der Waals surface area contributed by atoms with Crippen LogP contribution < -0.4 is 0 Å². The van der Waals surface area contributed by atoms with Crippen molar-refractivity contribution in [3.63, 3.8) is 0 Å². The molecule has 0 N–H and O–H groups in total. The summed E-state index contributed by atoms with van der Waals surface area (Å²) < 4.78 is 9.50. The van der Waals surface area contributed by atoms with Crippen molar-refractivity contribution in [1.29, 1.82) is 0 Å². The molecule has 3 nitrogen and oxygen atoms in total. The Balaban J connectivity index is 2.54. The zero-order valence-electron chi connectivity index (χ0n) is 6.59. The number of cyclic esters (lactones) is 2. The Bertz CT molecular complexity index is 211. The van der Waals surface area contributed by atoms with Gasteiger partial charge in [0, 0.05) is 6.42 Å². The zero-order valence-corrected chi connectivity index (χ0v) is 6.59. The van der Waals surface area contributed by atoms with Crippen LogP contribution in [-0.4, -0.2) is 18.4 Å². The molecule has 1 rings (SSSR count). The summed E-state index contributed by atoms with van der Waals surface area (Å²) in [6, 6.07) is 0. The summed E-state index contributed by atoms with van der Waals surface area (Å²) in [6.45, 7) is 3.54. The van der Waals surface area contributed by atoms with Crippen molar-refractivity contribution in [2.24, 2.45) is 0 Å². The van der Waals surface area contributed by atoms with Gasteiger partial charge in [0.15, 0.2) is 6.10 Å². The van der Waals surface area contributed by atoms with Crippen LogP contribution in [0.4, 0.5) is 4.79 Å². The zero-order chi connectivity index (χ0) is 8.27. The Morgan fingerprint density at radius 1 is 1.55 bits per heavy atom. The van der Waals surface area contributed by atoms with E-state index >= 15 is 0 Å². The van der Waals surface area contributed by atoms with Crippen molar-refractivity contribution in [3.05, 3.63) is 0 Å². The maximum absolute atomic E-state index is 10.6. The average Bonchev–Trinajstić information content (AvgIpc) is 1.85. The fourth-order valence-corrected chi connectivity index (χ4v) is 0.955. The largest absolute Gasteiger partial charge is 0.509 e. The van der Waals surface area contributed by atoms with E-state index in [1.807, 2.05) is 6.92 Å². The minimum absolute atomic E-state index is 0.0814. The molecule has 0 bridgehead atoms. The SMILES string of the molecule is CC#CC1CC(C)OC(=O)O1. The van der Waals surface area contributed by atoms with Gasteiger partial charge in [-0.2, -0.15) is 0 Å². The van der Waals surface area contributed by atoms with Gasteiger partial charge in [-0.3, -0.25) is 0 Å². The van der Waals surface area contributed by atoms with Gasteiger partial charge in [0.1, 0.15) is 6.10 Å². The number of hydrogen-bond acceptors (Lipinski definition) is 3. The molecule has 2 unspecified atom stereocenters. The number of ether oxygens (including phenoxy) is 2. The molecule has 1 heterocycles. The molecule has 0 aliphatic carbocycles. The molecule has 1 aliphatic heterocycles. The van der Waals surface area contributed by atoms with Crippen molar-refractivity contribution in [3.8, 4) is 11.8 Å². The van der Waals surface area contributed by atoms with E-state index < -0.39 is 6.16 Å². The van der Waals surface area contributed by atoms with Crippen LogP contribution in [0.5, 0.6) is 0 Å². The Morgan fingerprint density at radius 2 is 2.27 bits per heavy atom. The highest BCUT2D eigenvalue weighted by molar-refractivity contribution is 5.61. The van der Waals surface area contributed by atoms with Gasteiger partial charge in [-0.05, 0) is 13.8 Å². The highest BCUT2D eigenvalue weighted by Crippen LogP contribution is 2.13. The molecule has 0 amide bonds. The summed E-state index contributed by atoms with van der Waals surface area (Å²) >= 11 is 0. The van der Waals surface area contributed by atoms with Gasteiger partial charge >= 0.3 is 6.16 Å². The van der Waals surface area contributed by atoms with Gasteiger partial charge in [0.05, 0.1) is 0 Å². The third-order valence-electron chi connectivity index (χ3n) is 1.39. The lowest BCUT2D eigenvalue weighted by molar-refractivity contribution is -0.0356. The molecule has 0 aromatic heterocycles. The summed E-state index contributed by atoms with van der Waals surface area (Å²) in [7, 11) is 0. The van der Waals surface area contributed by atoms with E-state index in [-0.39, 0.29) is 12.2 Å². The molecule has 0 saturated carbocycles. The quantitative estimate of drug-likeness (QED) is 0.390. The number of hydrogen-bond donors (Lipinski definition) is 0. The fraction of sp³-hybridized carbons (Fsp3) is 0.625. The summed E-state index contributed by atoms with van der Waals surface area (Å²) in [6.07, 6.45) is -0.318. The first kappa shape index (κ1) is 7.93. The van der Waals surface area contributed by atoms with E-state index in [2.05, 4.69) is 11.8 Å². The molecular weight excluding hydrogens is 144 g/mol. The normalized spacial score (nSPS) is 29.5. The molecule has 0 aromatic rings. The topological polar surface area (TPSA) is 35.5 Å². The first-order chi connectivity index (χ1) is 5.22. The highest BCUT2D eigenvalue weighted by Gasteiger charge is 2.25. The Labute approximate surface area is 65.7 Å². The first-order valence-corrected chi connectivity index (χ1v) is 3.52. The van der Waals surface area contributed by atoms with Crippen LogP contribution in [0.1, 0.15) is 20.3 Å². The van der Waals surface area contributed by atoms with Crippen LogP contribution in [0.2, 0.25) is 0 Å². The second-order valence-electron chi connectivity index (χ2n) is 2.42. The summed E-state index contributed by atoms with van der Waals surface area (Å²) in [5.74, 6) is 5.47. The van der Waals surface area contributed by atoms with Gasteiger partial charge in [-0.15, -0.1) is 5.92 Å². The van der Waals surface area contributed by atoms with E-state index in [1.54, 1.807) is 6.92 Å². The van der Waals surface area contributed by atoms with E-state index in [9.17, 15) is 4.79 Å². The minimum Gasteiger partial charge on any atom is -0.431 e. The monoisotopic (exact) mass is 154 g/mol. The Morgan fingerprint density at radius 3 is 2.82 bits per heavy atom. The number of carbonyl (C=O) groups is 1. The van der Waals surface area contributed by atoms with Gasteiger partial charge in [0.2, 0.25) is 0 Å². The molecule has 1 saturated heterocycles. The third kappa shape index (κ3) is 2.15. The standard InChI is InChI=1S/C8H10O3/c1-3-4-7-5-6(2)10-8(9)11-7/h6-7H,5H2,1-2H3. The third-order valence-corrected chi connectivity index (χ3v) is 1.39. The van der Waals surface area contributed by atoms with Crippen LogP contribution in [-0.2, 0) is 9.47 Å². The van der Waals surface area contributed by atoms with Gasteiger partial charge in [-0.25, -0.2) is 4.79 Å². The van der Waals surface area contributed by atoms with Gasteiger partial charge in [0.25, 0.3) is 0 Å². The number of rotatable bonds is 0. The van der Waals surface area contributed by atoms with Crippen LogP contribution in [0.15, 0.2) is 0 Å². The lowest BCUT2D eigenvalue weighted by Gasteiger charge is -2.23. The van der Waals surface area contributed by atoms with Crippen LogP contribution in [0, 0.1) is 11.8 Å². The van der Waals surface area contributed by atoms with Gasteiger partial charge < -0.3 is 9.47 Å². The lowest BCUT2D eigenvalue weighted by Crippen LogP contribution is -2.31. The molecular formula is C8H10O3. The highest BCUT2D eigenvalue weighted by atomic mass is 16.7. The molecule has 0 radical (unpaired) electrons. The summed E-state index contributed by atoms with van der Waals surface area (Å²) in [5.41, 5.74) is 0. The average molecular weight is 154 g/mol. The van der Waals surface area contributed by atoms with Crippen molar-refractivity contribution < 1.29 is 14.3 Å². The second kappa shape index (κ2) is 3.29. The molecule has 60 valence electrons. The molecule has 2 atom stereocenters. The first-order valence-electron chi connectivity index (χ1n) is 3.52. The van der Waals surface area contributed by atoms with Crippen molar-refractivity contribution >= 4 is 6.16 Å². The molecule has 11 heavy (non-hydrogen) atoms. The number of carbonyl (C=O) groups excluding carboxylic acids is 1. The van der Waals surface area contributed by atoms with E-state index in [4.69, 9.17) is 9.47 Å². The molecule has 1 fully saturated rings. The minimum atomic E-state index is -0.614. The fourth-order valence-electron chi connectivity index (χ4n) is 0.955. The lowest BCUT2D eigenvalue weighted by atomic mass is 10.1. The van der Waals surface area contributed by atoms with Crippen LogP contribution in [0.25, 0.3) is 0 Å². The molecule has 1 aliphatic rings. The predicted molar refractivity (Wildman–Crippen MR) is 38.9 cm³/mol.